The quantitative estimate of drug-likeness (QED) is 0.743. The monoisotopic (exact) mass is 228 g/mol. The van der Waals surface area contributed by atoms with Crippen molar-refractivity contribution < 1.29 is 18.4 Å². The summed E-state index contributed by atoms with van der Waals surface area (Å²) in [6, 6.07) is 6.87. The smallest absolute Gasteiger partial charge is 0.306 e. The predicted molar refractivity (Wildman–Crippen MR) is 57.1 cm³/mol. The van der Waals surface area contributed by atoms with E-state index in [1.54, 1.807) is 31.2 Å². The zero-order chi connectivity index (χ0) is 11.5. The Hall–Kier alpha value is -0.960. The van der Waals surface area contributed by atoms with E-state index in [0.717, 1.165) is 5.56 Å². The third kappa shape index (κ3) is 2.34. The van der Waals surface area contributed by atoms with Crippen LogP contribution in [0.4, 0.5) is 0 Å². The van der Waals surface area contributed by atoms with Gasteiger partial charge in [-0.15, -0.1) is 0 Å². The van der Waals surface area contributed by atoms with E-state index in [1.165, 1.54) is 14.2 Å². The van der Waals surface area contributed by atoms with Crippen LogP contribution >= 0.6 is 7.60 Å². The molecule has 0 heterocycles. The van der Waals surface area contributed by atoms with Gasteiger partial charge in [-0.2, -0.15) is 0 Å². The van der Waals surface area contributed by atoms with E-state index < -0.39 is 13.1 Å². The fraction of sp³-hybridized carbons (Fsp3) is 0.300. The summed E-state index contributed by atoms with van der Waals surface area (Å²) in [7, 11) is -1.27. The van der Waals surface area contributed by atoms with Crippen LogP contribution < -0.4 is 0 Å². The third-order valence-corrected chi connectivity index (χ3v) is 3.80. The molecule has 0 saturated heterocycles. The molecule has 1 aromatic rings. The second-order valence-electron chi connectivity index (χ2n) is 2.98. The van der Waals surface area contributed by atoms with Crippen molar-refractivity contribution in [3.63, 3.8) is 0 Å². The first-order valence-corrected chi connectivity index (χ1v) is 5.91. The van der Waals surface area contributed by atoms with Gasteiger partial charge in [-0.1, -0.05) is 24.3 Å². The molecule has 0 bridgehead atoms. The highest BCUT2D eigenvalue weighted by molar-refractivity contribution is 7.72. The maximum Gasteiger partial charge on any atom is 0.401 e. The van der Waals surface area contributed by atoms with E-state index in [9.17, 15) is 9.36 Å². The molecule has 0 fully saturated rings. The Morgan fingerprint density at radius 3 is 2.20 bits per heavy atom. The lowest BCUT2D eigenvalue weighted by Gasteiger charge is -2.12. The highest BCUT2D eigenvalue weighted by Crippen LogP contribution is 2.49. The standard InChI is InChI=1S/C10H13O4P/c1-8-6-4-5-7-9(8)10(11)15(12,13-2)14-3/h4-7H,1-3H3. The summed E-state index contributed by atoms with van der Waals surface area (Å²) in [5, 5.41) is 0. The minimum Gasteiger partial charge on any atom is -0.306 e. The summed E-state index contributed by atoms with van der Waals surface area (Å²) in [4.78, 5) is 11.8. The molecular weight excluding hydrogens is 215 g/mol. The average molecular weight is 228 g/mol. The van der Waals surface area contributed by atoms with Crippen LogP contribution in [0.3, 0.4) is 0 Å². The van der Waals surface area contributed by atoms with Gasteiger partial charge >= 0.3 is 7.60 Å². The molecule has 0 saturated carbocycles. The van der Waals surface area contributed by atoms with Crippen LogP contribution in [0.25, 0.3) is 0 Å². The highest BCUT2D eigenvalue weighted by Gasteiger charge is 2.33. The topological polar surface area (TPSA) is 52.6 Å². The number of carbonyl (C=O) groups is 1. The maximum absolute atomic E-state index is 11.8. The van der Waals surface area contributed by atoms with Crippen molar-refractivity contribution in [1.82, 2.24) is 0 Å². The minimum atomic E-state index is -3.66. The number of hydrogen-bond acceptors (Lipinski definition) is 4. The van der Waals surface area contributed by atoms with Crippen LogP contribution in [-0.2, 0) is 13.6 Å². The molecule has 1 aromatic carbocycles. The second-order valence-corrected chi connectivity index (χ2v) is 5.11. The molecule has 0 unspecified atom stereocenters. The molecule has 0 atom stereocenters. The lowest BCUT2D eigenvalue weighted by molar-refractivity contribution is 0.102. The van der Waals surface area contributed by atoms with Crippen molar-refractivity contribution in [3.8, 4) is 0 Å². The van der Waals surface area contributed by atoms with Crippen LogP contribution in [0.2, 0.25) is 0 Å². The van der Waals surface area contributed by atoms with Gasteiger partial charge in [0.15, 0.2) is 0 Å². The molecule has 82 valence electrons. The van der Waals surface area contributed by atoms with Gasteiger partial charge in [0.2, 0.25) is 0 Å². The number of aryl methyl sites for hydroxylation is 1. The molecule has 0 aliphatic heterocycles. The summed E-state index contributed by atoms with van der Waals surface area (Å²) < 4.78 is 21.1. The van der Waals surface area contributed by atoms with Gasteiger partial charge in [-0.3, -0.25) is 9.36 Å². The summed E-state index contributed by atoms with van der Waals surface area (Å²) >= 11 is 0. The summed E-state index contributed by atoms with van der Waals surface area (Å²) in [5.74, 6) is 0. The number of carbonyl (C=O) groups excluding carboxylic acids is 1. The summed E-state index contributed by atoms with van der Waals surface area (Å²) in [6.45, 7) is 1.77. The van der Waals surface area contributed by atoms with E-state index >= 15 is 0 Å². The molecule has 0 amide bonds. The lowest BCUT2D eigenvalue weighted by Crippen LogP contribution is -2.05. The van der Waals surface area contributed by atoms with Crippen molar-refractivity contribution in [2.45, 2.75) is 6.92 Å². The van der Waals surface area contributed by atoms with Crippen molar-refractivity contribution in [1.29, 1.82) is 0 Å². The highest BCUT2D eigenvalue weighted by atomic mass is 31.2. The second kappa shape index (κ2) is 4.71. The number of benzene rings is 1. The Bertz CT molecular complexity index is 406. The molecule has 0 aliphatic rings. The number of rotatable bonds is 4. The van der Waals surface area contributed by atoms with E-state index in [2.05, 4.69) is 9.05 Å². The zero-order valence-electron chi connectivity index (χ0n) is 8.89. The molecule has 1 rings (SSSR count). The molecule has 15 heavy (non-hydrogen) atoms. The number of hydrogen-bond donors (Lipinski definition) is 0. The van der Waals surface area contributed by atoms with Gasteiger partial charge in [-0.25, -0.2) is 0 Å². The van der Waals surface area contributed by atoms with Crippen molar-refractivity contribution >= 4 is 13.1 Å². The van der Waals surface area contributed by atoms with E-state index in [0.29, 0.717) is 5.56 Å². The summed E-state index contributed by atoms with van der Waals surface area (Å²) in [6.07, 6.45) is 0. The van der Waals surface area contributed by atoms with Crippen LogP contribution in [0.1, 0.15) is 15.9 Å². The normalized spacial score (nSPS) is 11.4. The molecule has 5 heteroatoms. The Morgan fingerprint density at radius 1 is 1.20 bits per heavy atom. The van der Waals surface area contributed by atoms with Crippen LogP contribution in [0.5, 0.6) is 0 Å². The van der Waals surface area contributed by atoms with Gasteiger partial charge in [0, 0.05) is 19.8 Å². The SMILES string of the molecule is COP(=O)(OC)C(=O)c1ccccc1C. The van der Waals surface area contributed by atoms with Gasteiger partial charge in [0.05, 0.1) is 0 Å². The molecule has 0 aromatic heterocycles. The zero-order valence-corrected chi connectivity index (χ0v) is 9.78. The summed E-state index contributed by atoms with van der Waals surface area (Å²) in [5.41, 5.74) is 0.506. The van der Waals surface area contributed by atoms with Crippen LogP contribution in [0.15, 0.2) is 24.3 Å². The largest absolute Gasteiger partial charge is 0.401 e. The van der Waals surface area contributed by atoms with Crippen LogP contribution in [0, 0.1) is 6.92 Å². The van der Waals surface area contributed by atoms with Crippen molar-refractivity contribution in [2.75, 3.05) is 14.2 Å². The lowest BCUT2D eigenvalue weighted by atomic mass is 10.1. The van der Waals surface area contributed by atoms with E-state index in [-0.39, 0.29) is 0 Å². The Labute approximate surface area is 88.7 Å². The Morgan fingerprint density at radius 2 is 1.73 bits per heavy atom. The molecule has 0 radical (unpaired) electrons. The molecule has 0 aliphatic carbocycles. The van der Waals surface area contributed by atoms with Gasteiger partial charge < -0.3 is 9.05 Å². The first-order chi connectivity index (χ1) is 7.05. The van der Waals surface area contributed by atoms with E-state index in [4.69, 9.17) is 0 Å². The Kier molecular flexibility index (Phi) is 3.80. The molecular formula is C10H13O4P. The van der Waals surface area contributed by atoms with Gasteiger partial charge in [-0.05, 0) is 12.5 Å². The van der Waals surface area contributed by atoms with Gasteiger partial charge in [0.25, 0.3) is 5.52 Å². The molecule has 0 spiro atoms. The van der Waals surface area contributed by atoms with Crippen LogP contribution in [-0.4, -0.2) is 19.7 Å². The maximum atomic E-state index is 11.8. The fourth-order valence-electron chi connectivity index (χ4n) is 1.20. The Balaban J connectivity index is 3.15. The molecule has 0 N–H and O–H groups in total. The predicted octanol–water partition coefficient (Wildman–Crippen LogP) is 2.62. The third-order valence-electron chi connectivity index (χ3n) is 2.10. The minimum absolute atomic E-state index is 0.365. The van der Waals surface area contributed by atoms with Gasteiger partial charge in [0.1, 0.15) is 0 Å². The first-order valence-electron chi connectivity index (χ1n) is 4.37. The van der Waals surface area contributed by atoms with Crippen molar-refractivity contribution in [3.05, 3.63) is 35.4 Å². The fourth-order valence-corrected chi connectivity index (χ4v) is 2.23. The van der Waals surface area contributed by atoms with Crippen molar-refractivity contribution in [2.24, 2.45) is 0 Å². The van der Waals surface area contributed by atoms with E-state index in [1.807, 2.05) is 0 Å². The first kappa shape index (κ1) is 12.1. The molecule has 4 nitrogen and oxygen atoms in total. The average Bonchev–Trinajstić information content (AvgIpc) is 2.28.